The minimum atomic E-state index is -0.279. The topological polar surface area (TPSA) is 66.6 Å². The third-order valence-electron chi connectivity index (χ3n) is 1.63. The first-order valence-electron chi connectivity index (χ1n) is 3.41. The third-order valence-corrected chi connectivity index (χ3v) is 1.63. The Kier molecular flexibility index (Phi) is 2.24. The Morgan fingerprint density at radius 1 is 1.80 bits per heavy atom. The monoisotopic (exact) mass is 144 g/mol. The Balaban J connectivity index is 2.15. The van der Waals surface area contributed by atoms with Crippen molar-refractivity contribution in [2.45, 2.75) is 12.5 Å². The lowest BCUT2D eigenvalue weighted by molar-refractivity contribution is -0.142. The van der Waals surface area contributed by atoms with Crippen LogP contribution >= 0.6 is 0 Å². The van der Waals surface area contributed by atoms with E-state index in [1.807, 2.05) is 0 Å². The highest BCUT2D eigenvalue weighted by Crippen LogP contribution is 2.07. The molecule has 0 bridgehead atoms. The van der Waals surface area contributed by atoms with Crippen molar-refractivity contribution in [3.63, 3.8) is 0 Å². The number of β-lactam (4-membered cyclic amide) rings is 1. The molecule has 58 valence electrons. The molecule has 3 N–H and O–H groups in total. The van der Waals surface area contributed by atoms with Gasteiger partial charge in [0.2, 0.25) is 5.91 Å². The summed E-state index contributed by atoms with van der Waals surface area (Å²) < 4.78 is 0. The molecule has 1 atom stereocenters. The molecule has 1 unspecified atom stereocenters. The van der Waals surface area contributed by atoms with Crippen LogP contribution in [0.1, 0.15) is 6.42 Å². The van der Waals surface area contributed by atoms with Gasteiger partial charge in [0.05, 0.1) is 0 Å². The zero-order chi connectivity index (χ0) is 7.56. The van der Waals surface area contributed by atoms with Gasteiger partial charge < -0.3 is 15.7 Å². The van der Waals surface area contributed by atoms with Gasteiger partial charge in [-0.15, -0.1) is 0 Å². The summed E-state index contributed by atoms with van der Waals surface area (Å²) in [5.41, 5.74) is 5.33. The van der Waals surface area contributed by atoms with Crippen LogP contribution in [0.3, 0.4) is 0 Å². The molecule has 1 aliphatic rings. The Bertz CT molecular complexity index is 138. The molecule has 0 spiro atoms. The highest BCUT2D eigenvalue weighted by atomic mass is 16.3. The molecule has 0 aromatic carbocycles. The van der Waals surface area contributed by atoms with Gasteiger partial charge in [0, 0.05) is 19.7 Å². The van der Waals surface area contributed by atoms with E-state index in [1.54, 1.807) is 4.90 Å². The number of nitrogens with two attached hydrogens (primary N) is 1. The molecule has 1 amide bonds. The second-order valence-corrected chi connectivity index (χ2v) is 2.47. The summed E-state index contributed by atoms with van der Waals surface area (Å²) in [7, 11) is 0. The van der Waals surface area contributed by atoms with Crippen LogP contribution in [0, 0.1) is 0 Å². The molecule has 0 aromatic rings. The molecule has 1 fully saturated rings. The van der Waals surface area contributed by atoms with E-state index < -0.39 is 0 Å². The van der Waals surface area contributed by atoms with Crippen LogP contribution in [0.25, 0.3) is 0 Å². The first kappa shape index (κ1) is 7.50. The molecular weight excluding hydrogens is 132 g/mol. The van der Waals surface area contributed by atoms with Crippen molar-refractivity contribution in [3.8, 4) is 0 Å². The van der Waals surface area contributed by atoms with E-state index in [9.17, 15) is 4.79 Å². The Morgan fingerprint density at radius 2 is 2.50 bits per heavy atom. The summed E-state index contributed by atoms with van der Waals surface area (Å²) >= 11 is 0. The van der Waals surface area contributed by atoms with Gasteiger partial charge in [0.1, 0.15) is 6.04 Å². The Labute approximate surface area is 59.6 Å². The fourth-order valence-corrected chi connectivity index (χ4v) is 0.991. The van der Waals surface area contributed by atoms with Crippen molar-refractivity contribution in [2.24, 2.45) is 5.73 Å². The lowest BCUT2D eigenvalue weighted by atomic mass is 10.1. The van der Waals surface area contributed by atoms with E-state index in [0.717, 1.165) is 0 Å². The number of hydrogen-bond donors (Lipinski definition) is 2. The van der Waals surface area contributed by atoms with Crippen LogP contribution in [-0.4, -0.2) is 41.7 Å². The van der Waals surface area contributed by atoms with Gasteiger partial charge in [-0.25, -0.2) is 0 Å². The molecule has 1 aliphatic heterocycles. The quantitative estimate of drug-likeness (QED) is 0.476. The summed E-state index contributed by atoms with van der Waals surface area (Å²) in [5.74, 6) is 0.00782. The zero-order valence-corrected chi connectivity index (χ0v) is 5.79. The van der Waals surface area contributed by atoms with Gasteiger partial charge in [-0.05, 0) is 6.42 Å². The number of nitrogens with zero attached hydrogens (tertiary/aromatic N) is 1. The Morgan fingerprint density at radius 3 is 2.90 bits per heavy atom. The fraction of sp³-hybridized carbons (Fsp3) is 0.833. The predicted octanol–water partition coefficient (Wildman–Crippen LogP) is -1.46. The van der Waals surface area contributed by atoms with E-state index >= 15 is 0 Å². The van der Waals surface area contributed by atoms with E-state index in [4.69, 9.17) is 10.8 Å². The normalized spacial score (nSPS) is 24.8. The second-order valence-electron chi connectivity index (χ2n) is 2.47. The Hall–Kier alpha value is -0.610. The molecule has 0 radical (unpaired) electrons. The van der Waals surface area contributed by atoms with Crippen LogP contribution in [-0.2, 0) is 4.79 Å². The van der Waals surface area contributed by atoms with Gasteiger partial charge in [0.15, 0.2) is 0 Å². The molecule has 0 saturated carbocycles. The smallest absolute Gasteiger partial charge is 0.241 e. The van der Waals surface area contributed by atoms with Crippen LogP contribution in [0.5, 0.6) is 0 Å². The number of aliphatic hydroxyl groups excluding tert-OH is 1. The van der Waals surface area contributed by atoms with Gasteiger partial charge >= 0.3 is 0 Å². The third kappa shape index (κ3) is 1.27. The maximum Gasteiger partial charge on any atom is 0.241 e. The summed E-state index contributed by atoms with van der Waals surface area (Å²) in [5, 5.41) is 8.42. The van der Waals surface area contributed by atoms with Crippen molar-refractivity contribution >= 4 is 5.91 Å². The van der Waals surface area contributed by atoms with E-state index in [0.29, 0.717) is 19.5 Å². The number of carbonyl (C=O) groups excluding carboxylic acids is 1. The fourth-order valence-electron chi connectivity index (χ4n) is 0.991. The molecule has 4 heteroatoms. The molecule has 0 aromatic heterocycles. The number of aliphatic hydroxyl groups is 1. The van der Waals surface area contributed by atoms with Crippen LogP contribution < -0.4 is 5.73 Å². The molecule has 1 rings (SSSR count). The van der Waals surface area contributed by atoms with Crippen LogP contribution in [0.2, 0.25) is 0 Å². The largest absolute Gasteiger partial charge is 0.396 e. The van der Waals surface area contributed by atoms with E-state index in [1.165, 1.54) is 0 Å². The standard InChI is InChI=1S/C6H12N2O2/c7-5-4-8(6(5)10)2-1-3-9/h5,9H,1-4,7H2. The first-order chi connectivity index (χ1) is 4.75. The number of carbonyl (C=O) groups is 1. The van der Waals surface area contributed by atoms with Crippen LogP contribution in [0.15, 0.2) is 0 Å². The van der Waals surface area contributed by atoms with Gasteiger partial charge in [-0.3, -0.25) is 4.79 Å². The maximum absolute atomic E-state index is 10.8. The number of amides is 1. The van der Waals surface area contributed by atoms with Gasteiger partial charge in [0.25, 0.3) is 0 Å². The van der Waals surface area contributed by atoms with Crippen molar-refractivity contribution in [1.29, 1.82) is 0 Å². The maximum atomic E-state index is 10.8. The van der Waals surface area contributed by atoms with E-state index in [-0.39, 0.29) is 18.6 Å². The summed E-state index contributed by atoms with van der Waals surface area (Å²) in [6.07, 6.45) is 0.651. The summed E-state index contributed by atoms with van der Waals surface area (Å²) in [4.78, 5) is 12.4. The average molecular weight is 144 g/mol. The highest BCUT2D eigenvalue weighted by molar-refractivity contribution is 5.87. The van der Waals surface area contributed by atoms with Crippen molar-refractivity contribution in [2.75, 3.05) is 19.7 Å². The first-order valence-corrected chi connectivity index (χ1v) is 3.41. The molecule has 1 heterocycles. The highest BCUT2D eigenvalue weighted by Gasteiger charge is 2.32. The minimum absolute atomic E-state index is 0.00782. The van der Waals surface area contributed by atoms with Crippen molar-refractivity contribution in [3.05, 3.63) is 0 Å². The van der Waals surface area contributed by atoms with Crippen molar-refractivity contribution < 1.29 is 9.90 Å². The molecule has 0 aliphatic carbocycles. The van der Waals surface area contributed by atoms with Crippen LogP contribution in [0.4, 0.5) is 0 Å². The van der Waals surface area contributed by atoms with Gasteiger partial charge in [-0.2, -0.15) is 0 Å². The summed E-state index contributed by atoms with van der Waals surface area (Å²) in [6.45, 7) is 1.43. The zero-order valence-electron chi connectivity index (χ0n) is 5.79. The molecule has 4 nitrogen and oxygen atoms in total. The van der Waals surface area contributed by atoms with E-state index in [2.05, 4.69) is 0 Å². The molecule has 1 saturated heterocycles. The van der Waals surface area contributed by atoms with Gasteiger partial charge in [-0.1, -0.05) is 0 Å². The average Bonchev–Trinajstić information content (AvgIpc) is 1.97. The number of rotatable bonds is 3. The molecule has 10 heavy (non-hydrogen) atoms. The summed E-state index contributed by atoms with van der Waals surface area (Å²) in [6, 6.07) is -0.279. The number of hydrogen-bond acceptors (Lipinski definition) is 3. The minimum Gasteiger partial charge on any atom is -0.396 e. The lowest BCUT2D eigenvalue weighted by Gasteiger charge is -2.35. The second kappa shape index (κ2) is 2.98. The number of likely N-dealkylation sites (tertiary alicyclic amines) is 1. The predicted molar refractivity (Wildman–Crippen MR) is 36.3 cm³/mol. The lowest BCUT2D eigenvalue weighted by Crippen LogP contribution is -2.60. The van der Waals surface area contributed by atoms with Crippen molar-refractivity contribution in [1.82, 2.24) is 4.90 Å². The molecular formula is C6H12N2O2. The SMILES string of the molecule is NC1CN(CCCO)C1=O.